The molecule has 4 nitrogen and oxygen atoms in total. The van der Waals surface area contributed by atoms with Crippen LogP contribution >= 0.6 is 0 Å². The van der Waals surface area contributed by atoms with E-state index in [0.29, 0.717) is 18.3 Å². The van der Waals surface area contributed by atoms with Crippen molar-refractivity contribution in [1.82, 2.24) is 5.32 Å². The summed E-state index contributed by atoms with van der Waals surface area (Å²) in [5.41, 5.74) is 0. The summed E-state index contributed by atoms with van der Waals surface area (Å²) in [6, 6.07) is -0.772. The molecule has 0 spiro atoms. The minimum Gasteiger partial charge on any atom is -0.480 e. The molecule has 1 saturated carbocycles. The molecule has 1 fully saturated rings. The number of hydrogen-bond donors (Lipinski definition) is 2. The van der Waals surface area contributed by atoms with Crippen LogP contribution in [0.1, 0.15) is 59.3 Å². The number of carbonyl (C=O) groups is 2. The molecule has 2 N–H and O–H groups in total. The number of carbonyl (C=O) groups excluding carboxylic acids is 1. The van der Waals surface area contributed by atoms with Crippen molar-refractivity contribution in [3.8, 4) is 0 Å². The molecule has 2 atom stereocenters. The van der Waals surface area contributed by atoms with Crippen LogP contribution in [0.3, 0.4) is 0 Å². The van der Waals surface area contributed by atoms with Gasteiger partial charge in [-0.05, 0) is 17.8 Å². The van der Waals surface area contributed by atoms with E-state index in [-0.39, 0.29) is 11.8 Å². The first-order valence-corrected chi connectivity index (χ1v) is 7.44. The van der Waals surface area contributed by atoms with Gasteiger partial charge in [0, 0.05) is 6.42 Å². The monoisotopic (exact) mass is 269 g/mol. The Kier molecular flexibility index (Phi) is 6.32. The highest BCUT2D eigenvalue weighted by atomic mass is 16.4. The Hall–Kier alpha value is -1.06. The molecule has 2 unspecified atom stereocenters. The number of aliphatic carboxylic acids is 1. The van der Waals surface area contributed by atoms with Crippen molar-refractivity contribution in [3.63, 3.8) is 0 Å². The van der Waals surface area contributed by atoms with Gasteiger partial charge in [0.15, 0.2) is 0 Å². The molecule has 19 heavy (non-hydrogen) atoms. The van der Waals surface area contributed by atoms with Gasteiger partial charge < -0.3 is 10.4 Å². The summed E-state index contributed by atoms with van der Waals surface area (Å²) in [6.07, 6.45) is 6.70. The maximum Gasteiger partial charge on any atom is 0.326 e. The van der Waals surface area contributed by atoms with E-state index >= 15 is 0 Å². The van der Waals surface area contributed by atoms with Crippen LogP contribution < -0.4 is 5.32 Å². The van der Waals surface area contributed by atoms with E-state index in [9.17, 15) is 9.59 Å². The average Bonchev–Trinajstić information content (AvgIpc) is 2.36. The zero-order valence-electron chi connectivity index (χ0n) is 12.3. The summed E-state index contributed by atoms with van der Waals surface area (Å²) in [5, 5.41) is 11.7. The first-order valence-electron chi connectivity index (χ1n) is 7.44. The molecule has 0 aromatic rings. The van der Waals surface area contributed by atoms with E-state index in [1.807, 2.05) is 13.8 Å². The minimum absolute atomic E-state index is 0.0913. The maximum absolute atomic E-state index is 11.9. The lowest BCUT2D eigenvalue weighted by molar-refractivity contribution is -0.143. The summed E-state index contributed by atoms with van der Waals surface area (Å²) in [5.74, 6) is -0.192. The van der Waals surface area contributed by atoms with E-state index in [0.717, 1.165) is 0 Å². The van der Waals surface area contributed by atoms with Crippen molar-refractivity contribution in [3.05, 3.63) is 0 Å². The Balaban J connectivity index is 2.42. The van der Waals surface area contributed by atoms with Gasteiger partial charge in [-0.3, -0.25) is 4.79 Å². The van der Waals surface area contributed by atoms with E-state index in [1.54, 1.807) is 0 Å². The van der Waals surface area contributed by atoms with Gasteiger partial charge in [-0.15, -0.1) is 0 Å². The molecule has 0 heterocycles. The van der Waals surface area contributed by atoms with Gasteiger partial charge in [-0.2, -0.15) is 0 Å². The molecular formula is C15H27NO3. The molecule has 0 radical (unpaired) electrons. The fourth-order valence-electron chi connectivity index (χ4n) is 2.91. The molecule has 0 saturated heterocycles. The summed E-state index contributed by atoms with van der Waals surface area (Å²) in [6.45, 7) is 5.73. The molecule has 4 heteroatoms. The molecule has 0 bridgehead atoms. The number of nitrogens with one attached hydrogen (secondary N) is 1. The van der Waals surface area contributed by atoms with Crippen LogP contribution in [0.2, 0.25) is 0 Å². The Morgan fingerprint density at radius 2 is 1.74 bits per heavy atom. The van der Waals surface area contributed by atoms with Crippen molar-refractivity contribution >= 4 is 11.9 Å². The molecule has 0 aliphatic heterocycles. The van der Waals surface area contributed by atoms with Crippen molar-refractivity contribution in [2.24, 2.45) is 17.8 Å². The highest BCUT2D eigenvalue weighted by molar-refractivity contribution is 5.83. The predicted octanol–water partition coefficient (Wildman–Crippen LogP) is 2.82. The van der Waals surface area contributed by atoms with Crippen LogP contribution in [0, 0.1) is 17.8 Å². The van der Waals surface area contributed by atoms with Gasteiger partial charge in [0.1, 0.15) is 6.04 Å². The van der Waals surface area contributed by atoms with Crippen molar-refractivity contribution in [1.29, 1.82) is 0 Å². The lowest BCUT2D eigenvalue weighted by Crippen LogP contribution is -2.45. The Morgan fingerprint density at radius 1 is 1.16 bits per heavy atom. The lowest BCUT2D eigenvalue weighted by Gasteiger charge is -2.28. The molecule has 1 amide bonds. The highest BCUT2D eigenvalue weighted by Crippen LogP contribution is 2.31. The van der Waals surface area contributed by atoms with Crippen molar-refractivity contribution in [2.45, 2.75) is 65.3 Å². The summed E-state index contributed by atoms with van der Waals surface area (Å²) in [7, 11) is 0. The molecule has 0 aromatic carbocycles. The van der Waals surface area contributed by atoms with Crippen LogP contribution in [0.15, 0.2) is 0 Å². The van der Waals surface area contributed by atoms with Gasteiger partial charge in [0.25, 0.3) is 0 Å². The smallest absolute Gasteiger partial charge is 0.326 e. The molecule has 1 aliphatic carbocycles. The second-order valence-corrected chi connectivity index (χ2v) is 6.21. The largest absolute Gasteiger partial charge is 0.480 e. The van der Waals surface area contributed by atoms with Gasteiger partial charge in [-0.1, -0.05) is 52.9 Å². The topological polar surface area (TPSA) is 66.4 Å². The van der Waals surface area contributed by atoms with Crippen LogP contribution in [0.5, 0.6) is 0 Å². The first kappa shape index (κ1) is 16.0. The third-order valence-electron chi connectivity index (χ3n) is 4.21. The standard InChI is InChI=1S/C15H27NO3/c1-10(2)14(15(18)19)16-13(17)9-11(3)12-7-5-4-6-8-12/h10-12,14H,4-9H2,1-3H3,(H,16,17)(H,18,19). The number of hydrogen-bond acceptors (Lipinski definition) is 2. The number of rotatable bonds is 6. The number of carboxylic acids is 1. The summed E-state index contributed by atoms with van der Waals surface area (Å²) in [4.78, 5) is 23.0. The summed E-state index contributed by atoms with van der Waals surface area (Å²) >= 11 is 0. The second-order valence-electron chi connectivity index (χ2n) is 6.21. The molecule has 1 rings (SSSR count). The normalized spacial score (nSPS) is 20.0. The fraction of sp³-hybridized carbons (Fsp3) is 0.867. The third-order valence-corrected chi connectivity index (χ3v) is 4.21. The minimum atomic E-state index is -0.950. The Bertz CT molecular complexity index is 309. The lowest BCUT2D eigenvalue weighted by atomic mass is 9.79. The Morgan fingerprint density at radius 3 is 2.21 bits per heavy atom. The maximum atomic E-state index is 11.9. The van der Waals surface area contributed by atoms with Crippen LogP contribution in [0.4, 0.5) is 0 Å². The van der Waals surface area contributed by atoms with Gasteiger partial charge in [0.05, 0.1) is 0 Å². The van der Waals surface area contributed by atoms with Gasteiger partial charge in [-0.25, -0.2) is 4.79 Å². The first-order chi connectivity index (χ1) is 8.91. The van der Waals surface area contributed by atoms with E-state index in [2.05, 4.69) is 12.2 Å². The third kappa shape index (κ3) is 5.21. The predicted molar refractivity (Wildman–Crippen MR) is 74.8 cm³/mol. The number of amides is 1. The zero-order chi connectivity index (χ0) is 14.4. The van der Waals surface area contributed by atoms with Crippen LogP contribution in [0.25, 0.3) is 0 Å². The molecule has 0 aromatic heterocycles. The van der Waals surface area contributed by atoms with E-state index in [1.165, 1.54) is 32.1 Å². The van der Waals surface area contributed by atoms with Gasteiger partial charge >= 0.3 is 5.97 Å². The quantitative estimate of drug-likeness (QED) is 0.779. The molecular weight excluding hydrogens is 242 g/mol. The fourth-order valence-corrected chi connectivity index (χ4v) is 2.91. The van der Waals surface area contributed by atoms with Crippen molar-refractivity contribution < 1.29 is 14.7 Å². The van der Waals surface area contributed by atoms with Gasteiger partial charge in [0.2, 0.25) is 5.91 Å². The molecule has 1 aliphatic rings. The zero-order valence-corrected chi connectivity index (χ0v) is 12.3. The number of carboxylic acid groups (broad SMARTS) is 1. The van der Waals surface area contributed by atoms with Crippen LogP contribution in [-0.2, 0) is 9.59 Å². The van der Waals surface area contributed by atoms with E-state index in [4.69, 9.17) is 5.11 Å². The van der Waals surface area contributed by atoms with Crippen molar-refractivity contribution in [2.75, 3.05) is 0 Å². The second kappa shape index (κ2) is 7.51. The molecule has 110 valence electrons. The Labute approximate surface area is 116 Å². The summed E-state index contributed by atoms with van der Waals surface area (Å²) < 4.78 is 0. The SMILES string of the molecule is CC(C)C(NC(=O)CC(C)C1CCCCC1)C(=O)O. The average molecular weight is 269 g/mol. The van der Waals surface area contributed by atoms with E-state index < -0.39 is 12.0 Å². The van der Waals surface area contributed by atoms with Crippen LogP contribution in [-0.4, -0.2) is 23.0 Å². The highest BCUT2D eigenvalue weighted by Gasteiger charge is 2.26.